The van der Waals surface area contributed by atoms with E-state index in [1.54, 1.807) is 13.8 Å². The Bertz CT molecular complexity index is 1460. The molecule has 1 unspecified atom stereocenters. The molecule has 0 spiro atoms. The maximum absolute atomic E-state index is 15.3. The molecule has 232 valence electrons. The van der Waals surface area contributed by atoms with Crippen molar-refractivity contribution in [3.05, 3.63) is 82.7 Å². The zero-order valence-corrected chi connectivity index (χ0v) is 24.4. The molecule has 13 heteroatoms. The van der Waals surface area contributed by atoms with Gasteiger partial charge in [0.05, 0.1) is 11.6 Å². The third-order valence-corrected chi connectivity index (χ3v) is 7.20. The van der Waals surface area contributed by atoms with Crippen molar-refractivity contribution in [3.8, 4) is 0 Å². The van der Waals surface area contributed by atoms with Gasteiger partial charge in [-0.25, -0.2) is 8.78 Å². The second-order valence-electron chi connectivity index (χ2n) is 10.3. The van der Waals surface area contributed by atoms with E-state index in [0.717, 1.165) is 13.1 Å². The van der Waals surface area contributed by atoms with Crippen molar-refractivity contribution >= 4 is 23.4 Å². The van der Waals surface area contributed by atoms with E-state index in [2.05, 4.69) is 15.7 Å². The van der Waals surface area contributed by atoms with Crippen molar-refractivity contribution < 1.29 is 36.3 Å². The number of nitrogens with one attached hydrogen (secondary N) is 2. The number of carbonyl (C=O) groups is 3. The summed E-state index contributed by atoms with van der Waals surface area (Å²) in [7, 11) is 1.01. The number of anilines is 1. The molecular weight excluding hydrogens is 573 g/mol. The van der Waals surface area contributed by atoms with Crippen LogP contribution >= 0.6 is 0 Å². The first kappa shape index (κ1) is 33.2. The number of benzene rings is 2. The van der Waals surface area contributed by atoms with Crippen LogP contribution in [0, 0.1) is 18.6 Å². The molecule has 0 radical (unpaired) electrons. The van der Waals surface area contributed by atoms with E-state index >= 15 is 4.39 Å². The van der Waals surface area contributed by atoms with E-state index in [-0.39, 0.29) is 16.9 Å². The van der Waals surface area contributed by atoms with Crippen LogP contribution in [0.3, 0.4) is 0 Å². The van der Waals surface area contributed by atoms with Crippen LogP contribution < -0.4 is 10.6 Å². The minimum absolute atomic E-state index is 0.157. The minimum atomic E-state index is -4.59. The van der Waals surface area contributed by atoms with Crippen LogP contribution in [0.15, 0.2) is 48.7 Å². The first-order chi connectivity index (χ1) is 20.2. The van der Waals surface area contributed by atoms with Gasteiger partial charge in [0.1, 0.15) is 29.9 Å². The normalized spacial score (nSPS) is 13.6. The average Bonchev–Trinajstić information content (AvgIpc) is 3.43. The summed E-state index contributed by atoms with van der Waals surface area (Å²) < 4.78 is 68.8. The van der Waals surface area contributed by atoms with Crippen molar-refractivity contribution in [2.45, 2.75) is 64.7 Å². The van der Waals surface area contributed by atoms with Crippen molar-refractivity contribution in [2.75, 3.05) is 18.9 Å². The van der Waals surface area contributed by atoms with E-state index < -0.39 is 60.0 Å². The van der Waals surface area contributed by atoms with E-state index in [0.29, 0.717) is 29.0 Å². The Morgan fingerprint density at radius 3 is 2.28 bits per heavy atom. The zero-order chi connectivity index (χ0) is 32.1. The highest BCUT2D eigenvalue weighted by atomic mass is 19.4. The molecule has 3 amide bonds. The summed E-state index contributed by atoms with van der Waals surface area (Å²) >= 11 is 0. The van der Waals surface area contributed by atoms with Crippen LogP contribution in [-0.2, 0) is 16.1 Å². The largest absolute Gasteiger partial charge is 0.406 e. The number of hydrogen-bond donors (Lipinski definition) is 2. The van der Waals surface area contributed by atoms with Gasteiger partial charge in [0, 0.05) is 25.7 Å². The quantitative estimate of drug-likeness (QED) is 0.280. The van der Waals surface area contributed by atoms with Gasteiger partial charge in [-0.3, -0.25) is 19.1 Å². The fourth-order valence-corrected chi connectivity index (χ4v) is 5.00. The zero-order valence-electron chi connectivity index (χ0n) is 24.4. The summed E-state index contributed by atoms with van der Waals surface area (Å²) in [4.78, 5) is 40.0. The van der Waals surface area contributed by atoms with E-state index in [9.17, 15) is 31.9 Å². The molecule has 43 heavy (non-hydrogen) atoms. The molecule has 0 bridgehead atoms. The molecule has 3 atom stereocenters. The van der Waals surface area contributed by atoms with Gasteiger partial charge in [-0.15, -0.1) is 0 Å². The molecule has 0 aliphatic rings. The van der Waals surface area contributed by atoms with Gasteiger partial charge >= 0.3 is 6.18 Å². The van der Waals surface area contributed by atoms with Crippen molar-refractivity contribution in [2.24, 2.45) is 0 Å². The first-order valence-electron chi connectivity index (χ1n) is 13.7. The summed E-state index contributed by atoms with van der Waals surface area (Å²) in [6.07, 6.45) is -2.80. The number of likely N-dealkylation sites (N-methyl/N-ethyl adjacent to an activating group) is 1. The van der Waals surface area contributed by atoms with Crippen molar-refractivity contribution in [1.82, 2.24) is 20.0 Å². The van der Waals surface area contributed by atoms with Gasteiger partial charge in [-0.05, 0) is 74.2 Å². The van der Waals surface area contributed by atoms with E-state index in [1.807, 2.05) is 0 Å². The molecule has 0 fully saturated rings. The van der Waals surface area contributed by atoms with Crippen LogP contribution in [0.4, 0.5) is 27.6 Å². The number of halogens is 5. The maximum Gasteiger partial charge on any atom is 0.406 e. The smallest absolute Gasteiger partial charge is 0.338 e. The first-order valence-corrected chi connectivity index (χ1v) is 13.7. The number of amides is 3. The van der Waals surface area contributed by atoms with Gasteiger partial charge in [-0.2, -0.15) is 18.3 Å². The summed E-state index contributed by atoms with van der Waals surface area (Å²) in [5.74, 6) is -5.33. The van der Waals surface area contributed by atoms with Crippen molar-refractivity contribution in [1.29, 1.82) is 0 Å². The lowest BCUT2D eigenvalue weighted by molar-refractivity contribution is -0.159. The molecule has 3 rings (SSSR count). The molecule has 2 N–H and O–H groups in total. The molecule has 1 aromatic heterocycles. The highest BCUT2D eigenvalue weighted by molar-refractivity contribution is 6.01. The Morgan fingerprint density at radius 2 is 1.70 bits per heavy atom. The highest BCUT2D eigenvalue weighted by Crippen LogP contribution is 2.30. The Kier molecular flexibility index (Phi) is 10.7. The number of rotatable bonds is 11. The Hall–Kier alpha value is -4.29. The lowest BCUT2D eigenvalue weighted by atomic mass is 9.88. The summed E-state index contributed by atoms with van der Waals surface area (Å²) in [6, 6.07) is 8.01. The number of hydrogen-bond acceptors (Lipinski definition) is 4. The topological polar surface area (TPSA) is 96.3 Å². The second kappa shape index (κ2) is 13.8. The summed E-state index contributed by atoms with van der Waals surface area (Å²) in [6.45, 7) is 5.42. The van der Waals surface area contributed by atoms with Crippen LogP contribution in [0.5, 0.6) is 0 Å². The number of aromatic nitrogens is 2. The fourth-order valence-electron chi connectivity index (χ4n) is 5.00. The van der Waals surface area contributed by atoms with Crippen LogP contribution in [-0.4, -0.2) is 58.2 Å². The van der Waals surface area contributed by atoms with Crippen LogP contribution in [0.25, 0.3) is 0 Å². The number of carbonyl (C=O) groups excluding carboxylic acids is 3. The van der Waals surface area contributed by atoms with E-state index in [1.165, 1.54) is 61.1 Å². The van der Waals surface area contributed by atoms with Gasteiger partial charge < -0.3 is 15.5 Å². The lowest BCUT2D eigenvalue weighted by Crippen LogP contribution is -2.48. The Morgan fingerprint density at radius 1 is 1.05 bits per heavy atom. The second-order valence-corrected chi connectivity index (χ2v) is 10.3. The minimum Gasteiger partial charge on any atom is -0.338 e. The Balaban J connectivity index is 1.92. The molecule has 1 heterocycles. The van der Waals surface area contributed by atoms with Crippen LogP contribution in [0.1, 0.15) is 66.2 Å². The SMILES string of the molecule is CC[C@@H](c1ccc(F)cc1)[C@H](NC(=O)c1ccnn1CC)C(=O)Nc1cc(C)c(C(C)C(=O)N(C)CC(F)(F)F)cc1F. The molecular formula is C30H34F5N5O3. The van der Waals surface area contributed by atoms with Gasteiger partial charge in [0.15, 0.2) is 0 Å². The van der Waals surface area contributed by atoms with Crippen LogP contribution in [0.2, 0.25) is 0 Å². The predicted octanol–water partition coefficient (Wildman–Crippen LogP) is 5.54. The number of nitrogens with zero attached hydrogens (tertiary/aromatic N) is 3. The van der Waals surface area contributed by atoms with Gasteiger partial charge in [0.2, 0.25) is 11.8 Å². The van der Waals surface area contributed by atoms with Crippen molar-refractivity contribution in [3.63, 3.8) is 0 Å². The molecule has 2 aromatic carbocycles. The standard InChI is InChI=1S/C30H34F5N5O3/c1-6-21(19-8-10-20(31)11-9-19)26(38-27(41)25-12-13-36-40(25)7-2)28(42)37-24-14-17(3)22(15-23(24)32)18(4)29(43)39(5)16-30(33,34)35/h8-15,18,21,26H,6-7,16H2,1-5H3,(H,37,42)(H,38,41)/t18?,21-,26-/m0/s1. The number of aryl methyl sites for hydroxylation is 2. The summed E-state index contributed by atoms with van der Waals surface area (Å²) in [5.41, 5.74) is 1.03. The maximum atomic E-state index is 15.3. The predicted molar refractivity (Wildman–Crippen MR) is 150 cm³/mol. The van der Waals surface area contributed by atoms with Gasteiger partial charge in [0.25, 0.3) is 5.91 Å². The van der Waals surface area contributed by atoms with E-state index in [4.69, 9.17) is 0 Å². The highest BCUT2D eigenvalue weighted by Gasteiger charge is 2.34. The molecule has 3 aromatic rings. The molecule has 8 nitrogen and oxygen atoms in total. The Labute approximate surface area is 246 Å². The third-order valence-electron chi connectivity index (χ3n) is 7.20. The molecule has 0 aliphatic heterocycles. The lowest BCUT2D eigenvalue weighted by Gasteiger charge is -2.27. The average molecular weight is 608 g/mol. The third kappa shape index (κ3) is 8.17. The summed E-state index contributed by atoms with van der Waals surface area (Å²) in [5, 5.41) is 9.30. The number of alkyl halides is 3. The molecule has 0 saturated heterocycles. The fraction of sp³-hybridized carbons (Fsp3) is 0.400. The molecule has 0 saturated carbocycles. The van der Waals surface area contributed by atoms with Gasteiger partial charge in [-0.1, -0.05) is 19.1 Å². The monoisotopic (exact) mass is 607 g/mol. The molecule has 0 aliphatic carbocycles.